The number of pyridine rings is 1. The molecule has 5 rings (SSSR count). The van der Waals surface area contributed by atoms with Gasteiger partial charge in [-0.3, -0.25) is 14.7 Å². The second-order valence-electron chi connectivity index (χ2n) is 10.9. The minimum absolute atomic E-state index is 0.0393. The van der Waals surface area contributed by atoms with Crippen molar-refractivity contribution in [2.75, 3.05) is 0 Å². The number of fused-ring (bicyclic) bond motifs is 3. The molecule has 5 nitrogen and oxygen atoms in total. The van der Waals surface area contributed by atoms with Crippen molar-refractivity contribution in [1.82, 2.24) is 9.88 Å². The van der Waals surface area contributed by atoms with E-state index >= 15 is 0 Å². The number of carbonyl (C=O) groups is 1. The van der Waals surface area contributed by atoms with Crippen LogP contribution in [-0.4, -0.2) is 45.3 Å². The summed E-state index contributed by atoms with van der Waals surface area (Å²) in [6, 6.07) is 4.62. The molecule has 38 heavy (non-hydrogen) atoms. The van der Waals surface area contributed by atoms with Crippen LogP contribution in [0, 0.1) is 11.8 Å². The lowest BCUT2D eigenvalue weighted by molar-refractivity contribution is -0.185. The summed E-state index contributed by atoms with van der Waals surface area (Å²) >= 11 is 0. The second kappa shape index (κ2) is 10.2. The molecule has 1 saturated carbocycles. The lowest BCUT2D eigenvalue weighted by atomic mass is 9.78. The summed E-state index contributed by atoms with van der Waals surface area (Å²) in [6.07, 6.45) is -4.90. The highest BCUT2D eigenvalue weighted by Gasteiger charge is 2.43. The van der Waals surface area contributed by atoms with E-state index in [0.29, 0.717) is 30.5 Å². The van der Waals surface area contributed by atoms with Crippen LogP contribution in [0.4, 0.5) is 26.3 Å². The van der Waals surface area contributed by atoms with Crippen molar-refractivity contribution >= 4 is 16.7 Å². The highest BCUT2D eigenvalue weighted by molar-refractivity contribution is 5.88. The van der Waals surface area contributed by atoms with E-state index < -0.39 is 35.9 Å². The first kappa shape index (κ1) is 27.0. The van der Waals surface area contributed by atoms with Gasteiger partial charge < -0.3 is 9.84 Å². The van der Waals surface area contributed by atoms with Crippen molar-refractivity contribution < 1.29 is 41.0 Å². The van der Waals surface area contributed by atoms with E-state index in [9.17, 15) is 36.2 Å². The van der Waals surface area contributed by atoms with Crippen molar-refractivity contribution in [3.63, 3.8) is 0 Å². The van der Waals surface area contributed by atoms with Crippen LogP contribution in [0.2, 0.25) is 0 Å². The van der Waals surface area contributed by atoms with Crippen LogP contribution in [0.25, 0.3) is 10.8 Å². The molecule has 1 aliphatic carbocycles. The topological polar surface area (TPSA) is 62.7 Å². The van der Waals surface area contributed by atoms with Crippen LogP contribution >= 0.6 is 0 Å². The molecule has 3 fully saturated rings. The molecule has 2 saturated heterocycles. The van der Waals surface area contributed by atoms with Crippen molar-refractivity contribution in [3.05, 3.63) is 35.7 Å². The molecule has 1 N–H and O–H groups in total. The first-order valence-electron chi connectivity index (χ1n) is 13.1. The normalized spacial score (nSPS) is 28.8. The summed E-state index contributed by atoms with van der Waals surface area (Å²) in [5.74, 6) is -2.99. The van der Waals surface area contributed by atoms with Gasteiger partial charge in [0.15, 0.2) is 0 Å². The number of rotatable bonds is 5. The first-order chi connectivity index (χ1) is 17.9. The van der Waals surface area contributed by atoms with E-state index in [0.717, 1.165) is 19.3 Å². The molecular weight excluding hydrogens is 514 g/mol. The molecule has 2 aromatic rings. The van der Waals surface area contributed by atoms with Crippen LogP contribution in [0.5, 0.6) is 5.75 Å². The monoisotopic (exact) mass is 544 g/mol. The number of hydrogen-bond acceptors (Lipinski definition) is 4. The van der Waals surface area contributed by atoms with Gasteiger partial charge in [0.1, 0.15) is 11.3 Å². The number of piperidine rings is 2. The summed E-state index contributed by atoms with van der Waals surface area (Å²) in [5, 5.41) is 9.70. The van der Waals surface area contributed by atoms with Crippen molar-refractivity contribution in [2.24, 2.45) is 11.8 Å². The van der Waals surface area contributed by atoms with Gasteiger partial charge in [-0.2, -0.15) is 26.3 Å². The molecule has 2 atom stereocenters. The van der Waals surface area contributed by atoms with Gasteiger partial charge in [0, 0.05) is 30.2 Å². The minimum atomic E-state index is -4.74. The number of nitrogens with zero attached hydrogens (tertiary/aromatic N) is 2. The standard InChI is InChI=1S/C27H30F6N2O3/c28-26(29,30)17-5-7-21(8-6-17)38-23-9-4-15-10-18(34-13-22(15)24(23)27(31,32)33)14-35-19-2-1-3-20(35)12-16(11-19)25(36)37/h4,9-10,13,16-17,19-21H,1-3,5-8,11-12,14H2,(H,36,37)/t16?,17-,19?,20?,21+. The quantitative estimate of drug-likeness (QED) is 0.412. The van der Waals surface area contributed by atoms with Crippen molar-refractivity contribution in [3.8, 4) is 5.75 Å². The number of aromatic nitrogens is 1. The molecule has 0 spiro atoms. The Morgan fingerprint density at radius 2 is 1.66 bits per heavy atom. The molecule has 0 amide bonds. The minimum Gasteiger partial charge on any atom is -0.490 e. The fourth-order valence-corrected chi connectivity index (χ4v) is 6.53. The summed E-state index contributed by atoms with van der Waals surface area (Å²) < 4.78 is 87.0. The first-order valence-corrected chi connectivity index (χ1v) is 13.1. The van der Waals surface area contributed by atoms with E-state index in [1.165, 1.54) is 18.3 Å². The number of carboxylic acid groups (broad SMARTS) is 1. The third-order valence-corrected chi connectivity index (χ3v) is 8.46. The van der Waals surface area contributed by atoms with E-state index in [2.05, 4.69) is 9.88 Å². The average molecular weight is 545 g/mol. The molecular formula is C27H30F6N2O3. The molecule has 2 bridgehead atoms. The Hall–Kier alpha value is -2.56. The Bertz CT molecular complexity index is 1160. The van der Waals surface area contributed by atoms with E-state index in [4.69, 9.17) is 4.74 Å². The van der Waals surface area contributed by atoms with Gasteiger partial charge in [-0.15, -0.1) is 0 Å². The predicted octanol–water partition coefficient (Wildman–Crippen LogP) is 6.97. The third kappa shape index (κ3) is 5.58. The second-order valence-corrected chi connectivity index (χ2v) is 10.9. The zero-order chi connectivity index (χ0) is 27.2. The molecule has 1 aromatic heterocycles. The molecule has 208 valence electrons. The van der Waals surface area contributed by atoms with Gasteiger partial charge in [-0.25, -0.2) is 0 Å². The van der Waals surface area contributed by atoms with Gasteiger partial charge >= 0.3 is 18.3 Å². The number of alkyl halides is 6. The fraction of sp³-hybridized carbons (Fsp3) is 0.630. The van der Waals surface area contributed by atoms with E-state index in [1.54, 1.807) is 6.07 Å². The van der Waals surface area contributed by atoms with Crippen LogP contribution in [-0.2, 0) is 17.5 Å². The van der Waals surface area contributed by atoms with E-state index in [1.807, 2.05) is 0 Å². The summed E-state index contributed by atoms with van der Waals surface area (Å²) in [7, 11) is 0. The SMILES string of the molecule is O=C(O)C1CC2CCCC(C1)N2Cc1cc2ccc(O[C@H]3CC[C@@H](C(F)(F)F)CC3)c(C(F)(F)F)c2cn1. The lowest BCUT2D eigenvalue weighted by Gasteiger charge is -2.48. The summed E-state index contributed by atoms with van der Waals surface area (Å²) in [5.41, 5.74) is -0.360. The van der Waals surface area contributed by atoms with Gasteiger partial charge in [0.25, 0.3) is 0 Å². The van der Waals surface area contributed by atoms with Crippen LogP contribution < -0.4 is 4.74 Å². The number of carboxylic acids is 1. The third-order valence-electron chi connectivity index (χ3n) is 8.46. The Kier molecular flexibility index (Phi) is 7.26. The summed E-state index contributed by atoms with van der Waals surface area (Å²) in [6.45, 7) is 0.430. The van der Waals surface area contributed by atoms with E-state index in [-0.39, 0.29) is 54.8 Å². The van der Waals surface area contributed by atoms with Gasteiger partial charge in [-0.05, 0) is 68.9 Å². The van der Waals surface area contributed by atoms with Crippen LogP contribution in [0.1, 0.15) is 69.0 Å². The lowest BCUT2D eigenvalue weighted by Crippen LogP contribution is -2.52. The molecule has 0 radical (unpaired) electrons. The van der Waals surface area contributed by atoms with Crippen molar-refractivity contribution in [1.29, 1.82) is 0 Å². The summed E-state index contributed by atoms with van der Waals surface area (Å²) in [4.78, 5) is 18.1. The zero-order valence-corrected chi connectivity index (χ0v) is 20.7. The maximum atomic E-state index is 14.2. The largest absolute Gasteiger partial charge is 0.490 e. The number of aliphatic carboxylic acids is 1. The number of hydrogen-bond donors (Lipinski definition) is 1. The number of halogens is 6. The Morgan fingerprint density at radius 1 is 1.00 bits per heavy atom. The number of benzene rings is 1. The van der Waals surface area contributed by atoms with Gasteiger partial charge in [0.2, 0.25) is 0 Å². The average Bonchev–Trinajstić information content (AvgIpc) is 2.82. The maximum absolute atomic E-state index is 14.2. The molecule has 3 aliphatic rings. The zero-order valence-electron chi connectivity index (χ0n) is 20.7. The molecule has 2 aliphatic heterocycles. The molecule has 3 heterocycles. The Morgan fingerprint density at radius 3 is 2.24 bits per heavy atom. The maximum Gasteiger partial charge on any atom is 0.420 e. The molecule has 11 heteroatoms. The molecule has 1 aromatic carbocycles. The number of ether oxygens (including phenoxy) is 1. The molecule has 2 unspecified atom stereocenters. The smallest absolute Gasteiger partial charge is 0.420 e. The van der Waals surface area contributed by atoms with Crippen molar-refractivity contribution in [2.45, 2.75) is 94.9 Å². The predicted molar refractivity (Wildman–Crippen MR) is 127 cm³/mol. The highest BCUT2D eigenvalue weighted by Crippen LogP contribution is 2.44. The van der Waals surface area contributed by atoms with Gasteiger partial charge in [0.05, 0.1) is 23.6 Å². The van der Waals surface area contributed by atoms with Gasteiger partial charge in [-0.1, -0.05) is 12.5 Å². The van der Waals surface area contributed by atoms with Crippen LogP contribution in [0.15, 0.2) is 24.4 Å². The highest BCUT2D eigenvalue weighted by atomic mass is 19.4. The Labute approximate surface area is 216 Å². The Balaban J connectivity index is 1.36. The van der Waals surface area contributed by atoms with Crippen LogP contribution in [0.3, 0.4) is 0 Å². The fourth-order valence-electron chi connectivity index (χ4n) is 6.53.